The minimum atomic E-state index is -0.417. The number of nitrogens with zero attached hydrogens (tertiary/aromatic N) is 2. The van der Waals surface area contributed by atoms with Gasteiger partial charge in [-0.2, -0.15) is 0 Å². The third-order valence-electron chi connectivity index (χ3n) is 8.36. The third-order valence-corrected chi connectivity index (χ3v) is 8.36. The zero-order valence-electron chi connectivity index (χ0n) is 33.5. The predicted molar refractivity (Wildman–Crippen MR) is 202 cm³/mol. The average Bonchev–Trinajstić information content (AvgIpc) is 2.92. The first kappa shape index (κ1) is 52.2. The molecule has 0 saturated carbocycles. The Balaban J connectivity index is -0.000000327. The number of quaternary nitrogens is 2. The van der Waals surface area contributed by atoms with Gasteiger partial charge in [-0.3, -0.25) is 0 Å². The lowest BCUT2D eigenvalue weighted by Crippen LogP contribution is -3.00. The lowest BCUT2D eigenvalue weighted by molar-refractivity contribution is -0.870. The summed E-state index contributed by atoms with van der Waals surface area (Å²) in [6.45, 7) is 10.5. The summed E-state index contributed by atoms with van der Waals surface area (Å²) in [5, 5.41) is 9.53. The highest BCUT2D eigenvalue weighted by Gasteiger charge is 2.06. The lowest BCUT2D eigenvalue weighted by Gasteiger charge is -2.23. The number of unbranched alkanes of at least 4 members (excludes halogenated alkanes) is 26. The van der Waals surface area contributed by atoms with E-state index < -0.39 is 6.10 Å². The normalized spacial score (nSPS) is 11.5. The predicted octanol–water partition coefficient (Wildman–Crippen LogP) is 9.11. The molecule has 0 atom stereocenters. The Bertz CT molecular complexity index is 454. The molecule has 0 N–H and O–H groups in total. The molecule has 45 heavy (non-hydrogen) atoms. The van der Waals surface area contributed by atoms with Crippen molar-refractivity contribution in [1.29, 1.82) is 0 Å². The Morgan fingerprint density at radius 1 is 0.333 bits per heavy atom. The molecule has 0 aliphatic rings. The van der Waals surface area contributed by atoms with Crippen molar-refractivity contribution in [3.63, 3.8) is 0 Å². The van der Waals surface area contributed by atoms with E-state index in [2.05, 4.69) is 56.1 Å². The molecule has 4 heteroatoms. The molecule has 0 aromatic carbocycles. The summed E-state index contributed by atoms with van der Waals surface area (Å²) >= 11 is 0. The lowest BCUT2D eigenvalue weighted by atomic mass is 10.0. The second kappa shape index (κ2) is 40.5. The van der Waals surface area contributed by atoms with Crippen LogP contribution in [0, 0.1) is 0 Å². The average molecular weight is 708 g/mol. The number of hydrogen-bond donors (Lipinski definition) is 0. The largest absolute Gasteiger partial charge is 1.00 e. The smallest absolute Gasteiger partial charge is 0.0780 e. The molecular weight excluding hydrogens is 616 g/mol. The summed E-state index contributed by atoms with van der Waals surface area (Å²) in [5.41, 5.74) is 0. The first-order chi connectivity index (χ1) is 20.9. The molecule has 0 aromatic heterocycles. The fourth-order valence-corrected chi connectivity index (χ4v) is 5.56. The molecule has 0 radical (unpaired) electrons. The molecular formula is C41H91BrN2O. The standard InChI is InChI=1S/2C19H42N.C3H7O.BrH/c2*1-5-6-7-8-9-10-11-12-13-14-15-16-17-18-19-20(2,3)4;1-3(2)4;/h2*5-19H2,1-4H3;3H,1-2H3;1H/q2*+1;-1;/p-1. The van der Waals surface area contributed by atoms with Gasteiger partial charge in [0.2, 0.25) is 0 Å². The van der Waals surface area contributed by atoms with Crippen LogP contribution >= 0.6 is 0 Å². The van der Waals surface area contributed by atoms with Crippen LogP contribution < -0.4 is 22.1 Å². The van der Waals surface area contributed by atoms with Crippen LogP contribution in [0.3, 0.4) is 0 Å². The number of rotatable bonds is 30. The maximum Gasteiger partial charge on any atom is 0.0780 e. The minimum absolute atomic E-state index is 0. The van der Waals surface area contributed by atoms with Gasteiger partial charge in [-0.25, -0.2) is 0 Å². The first-order valence-electron chi connectivity index (χ1n) is 20.1. The van der Waals surface area contributed by atoms with Crippen LogP contribution in [0.25, 0.3) is 0 Å². The molecule has 0 rings (SSSR count). The summed E-state index contributed by atoms with van der Waals surface area (Å²) in [6.07, 6.45) is 40.3. The van der Waals surface area contributed by atoms with E-state index in [-0.39, 0.29) is 17.0 Å². The van der Waals surface area contributed by atoms with Gasteiger partial charge in [0.25, 0.3) is 0 Å². The maximum atomic E-state index is 9.53. The topological polar surface area (TPSA) is 23.1 Å². The Labute approximate surface area is 299 Å². The summed E-state index contributed by atoms with van der Waals surface area (Å²) in [7, 11) is 13.8. The van der Waals surface area contributed by atoms with Crippen molar-refractivity contribution in [2.75, 3.05) is 55.4 Å². The molecule has 0 saturated heterocycles. The second-order valence-electron chi connectivity index (χ2n) is 16.3. The van der Waals surface area contributed by atoms with E-state index in [4.69, 9.17) is 0 Å². The van der Waals surface area contributed by atoms with E-state index in [0.717, 1.165) is 8.97 Å². The van der Waals surface area contributed by atoms with Crippen molar-refractivity contribution in [3.05, 3.63) is 0 Å². The van der Waals surface area contributed by atoms with Gasteiger partial charge in [-0.05, 0) is 25.7 Å². The van der Waals surface area contributed by atoms with Crippen molar-refractivity contribution in [1.82, 2.24) is 0 Å². The molecule has 278 valence electrons. The van der Waals surface area contributed by atoms with E-state index in [9.17, 15) is 5.11 Å². The summed E-state index contributed by atoms with van der Waals surface area (Å²) < 4.78 is 2.25. The molecule has 0 aliphatic carbocycles. The highest BCUT2D eigenvalue weighted by molar-refractivity contribution is 4.50. The van der Waals surface area contributed by atoms with Gasteiger partial charge >= 0.3 is 0 Å². The van der Waals surface area contributed by atoms with Crippen molar-refractivity contribution in [2.24, 2.45) is 0 Å². The van der Waals surface area contributed by atoms with Crippen molar-refractivity contribution in [2.45, 2.75) is 214 Å². The van der Waals surface area contributed by atoms with Crippen LogP contribution in [0.4, 0.5) is 0 Å². The van der Waals surface area contributed by atoms with Gasteiger partial charge < -0.3 is 31.1 Å². The Hall–Kier alpha value is 0.360. The van der Waals surface area contributed by atoms with Crippen LogP contribution in [-0.2, 0) is 0 Å². The van der Waals surface area contributed by atoms with Gasteiger partial charge in [-0.1, -0.05) is 182 Å². The molecule has 0 unspecified atom stereocenters. The highest BCUT2D eigenvalue weighted by atomic mass is 79.9. The number of halogens is 1. The SMILES string of the molecule is CC(C)[O-].CCCCCCCCCCCCCCCC[N+](C)(C)C.CCCCCCCCCCCCCCCC[N+](C)(C)C.[Br-]. The molecule has 0 bridgehead atoms. The molecule has 0 aromatic rings. The number of hydrogen-bond acceptors (Lipinski definition) is 1. The van der Waals surface area contributed by atoms with Gasteiger partial charge in [-0.15, -0.1) is 6.10 Å². The van der Waals surface area contributed by atoms with Crippen LogP contribution in [0.5, 0.6) is 0 Å². The van der Waals surface area contributed by atoms with Gasteiger partial charge in [0.15, 0.2) is 0 Å². The fourth-order valence-electron chi connectivity index (χ4n) is 5.56. The third kappa shape index (κ3) is 67.4. The summed E-state index contributed by atoms with van der Waals surface area (Å²) in [4.78, 5) is 0. The van der Waals surface area contributed by atoms with Gasteiger partial charge in [0.1, 0.15) is 0 Å². The van der Waals surface area contributed by atoms with E-state index in [1.165, 1.54) is 193 Å². The Morgan fingerprint density at radius 2 is 0.467 bits per heavy atom. The minimum Gasteiger partial charge on any atom is -1.00 e. The summed E-state index contributed by atoms with van der Waals surface area (Å²) in [5.74, 6) is 0. The molecule has 0 amide bonds. The van der Waals surface area contributed by atoms with Crippen molar-refractivity contribution < 1.29 is 31.1 Å². The Kier molecular flexibility index (Phi) is 47.0. The van der Waals surface area contributed by atoms with Crippen molar-refractivity contribution >= 4 is 0 Å². The van der Waals surface area contributed by atoms with E-state index in [1.807, 2.05) is 0 Å². The van der Waals surface area contributed by atoms with E-state index in [1.54, 1.807) is 13.8 Å². The monoisotopic (exact) mass is 707 g/mol. The zero-order chi connectivity index (χ0) is 33.8. The van der Waals surface area contributed by atoms with Crippen molar-refractivity contribution in [3.8, 4) is 0 Å². The quantitative estimate of drug-likeness (QED) is 0.0540. The van der Waals surface area contributed by atoms with Gasteiger partial charge in [0.05, 0.1) is 55.4 Å². The zero-order valence-corrected chi connectivity index (χ0v) is 35.1. The molecule has 0 spiro atoms. The van der Waals surface area contributed by atoms with E-state index in [0.29, 0.717) is 0 Å². The maximum absolute atomic E-state index is 9.53. The van der Waals surface area contributed by atoms with Crippen LogP contribution in [0.2, 0.25) is 0 Å². The Morgan fingerprint density at radius 3 is 0.600 bits per heavy atom. The summed E-state index contributed by atoms with van der Waals surface area (Å²) in [6, 6.07) is 0. The van der Waals surface area contributed by atoms with Crippen LogP contribution in [-0.4, -0.2) is 70.4 Å². The van der Waals surface area contributed by atoms with Crippen LogP contribution in [0.15, 0.2) is 0 Å². The van der Waals surface area contributed by atoms with Gasteiger partial charge in [0, 0.05) is 0 Å². The second-order valence-corrected chi connectivity index (χ2v) is 16.3. The molecule has 0 heterocycles. The molecule has 3 nitrogen and oxygen atoms in total. The van der Waals surface area contributed by atoms with Crippen LogP contribution in [0.1, 0.15) is 207 Å². The van der Waals surface area contributed by atoms with E-state index >= 15 is 0 Å². The highest BCUT2D eigenvalue weighted by Crippen LogP contribution is 2.14. The molecule has 0 aliphatic heterocycles. The fraction of sp³-hybridized carbons (Fsp3) is 1.00. The first-order valence-corrected chi connectivity index (χ1v) is 20.1. The molecule has 0 fully saturated rings.